The highest BCUT2D eigenvalue weighted by Gasteiger charge is 2.39. The topological polar surface area (TPSA) is 66.4 Å². The number of nitrogens with one attached hydrogen (secondary N) is 1. The minimum atomic E-state index is -1.34. The average Bonchev–Trinajstić information content (AvgIpc) is 2.49. The van der Waals surface area contributed by atoms with Gasteiger partial charge in [-0.25, -0.2) is 0 Å². The molecule has 16 heavy (non-hydrogen) atoms. The Kier molecular flexibility index (Phi) is 3.61. The fourth-order valence-electron chi connectivity index (χ4n) is 2.01. The Labute approximate surface area is 96.4 Å². The highest BCUT2D eigenvalue weighted by atomic mass is 16.4. The Bertz CT molecular complexity index is 299. The normalized spacial score (nSPS) is 30.1. The van der Waals surface area contributed by atoms with Crippen molar-refractivity contribution in [3.63, 3.8) is 0 Å². The number of amides is 1. The summed E-state index contributed by atoms with van der Waals surface area (Å²) in [5.74, 6) is -0.443. The van der Waals surface area contributed by atoms with Crippen LogP contribution < -0.4 is 5.32 Å². The van der Waals surface area contributed by atoms with Crippen molar-refractivity contribution in [1.29, 1.82) is 0 Å². The van der Waals surface area contributed by atoms with Crippen LogP contribution in [-0.4, -0.2) is 23.0 Å². The molecule has 2 N–H and O–H groups in total. The van der Waals surface area contributed by atoms with Gasteiger partial charge in [0.15, 0.2) is 0 Å². The molecule has 1 aliphatic rings. The second kappa shape index (κ2) is 4.44. The predicted molar refractivity (Wildman–Crippen MR) is 60.9 cm³/mol. The number of carbonyl (C=O) groups excluding carboxylic acids is 1. The summed E-state index contributed by atoms with van der Waals surface area (Å²) < 4.78 is 0. The Morgan fingerprint density at radius 2 is 1.81 bits per heavy atom. The van der Waals surface area contributed by atoms with Crippen LogP contribution in [0.3, 0.4) is 0 Å². The second-order valence-electron chi connectivity index (χ2n) is 5.42. The Morgan fingerprint density at radius 3 is 2.19 bits per heavy atom. The predicted octanol–water partition coefficient (Wildman–Crippen LogP) is 1.65. The summed E-state index contributed by atoms with van der Waals surface area (Å²) in [6, 6.07) is 0.126. The number of hydrogen-bond acceptors (Lipinski definition) is 2. The lowest BCUT2D eigenvalue weighted by molar-refractivity contribution is -0.153. The molecule has 0 bridgehead atoms. The van der Waals surface area contributed by atoms with Gasteiger partial charge in [0, 0.05) is 6.04 Å². The van der Waals surface area contributed by atoms with E-state index in [4.69, 9.17) is 5.11 Å². The van der Waals surface area contributed by atoms with Crippen molar-refractivity contribution >= 4 is 11.9 Å². The van der Waals surface area contributed by atoms with Crippen LogP contribution in [0.1, 0.15) is 40.5 Å². The number of rotatable bonds is 3. The molecule has 4 nitrogen and oxygen atoms in total. The third-order valence-electron chi connectivity index (χ3n) is 3.88. The first-order valence-electron chi connectivity index (χ1n) is 5.81. The first-order chi connectivity index (χ1) is 7.26. The number of carboxylic acids is 1. The maximum Gasteiger partial charge on any atom is 0.318 e. The van der Waals surface area contributed by atoms with Gasteiger partial charge < -0.3 is 10.4 Å². The lowest BCUT2D eigenvalue weighted by Gasteiger charge is -2.25. The van der Waals surface area contributed by atoms with Gasteiger partial charge in [-0.2, -0.15) is 0 Å². The lowest BCUT2D eigenvalue weighted by Crippen LogP contribution is -2.47. The van der Waals surface area contributed by atoms with Crippen LogP contribution >= 0.6 is 0 Å². The molecular formula is C12H21NO3. The number of hydrogen-bond donors (Lipinski definition) is 2. The molecule has 1 aliphatic carbocycles. The van der Waals surface area contributed by atoms with Crippen LogP contribution in [0.15, 0.2) is 0 Å². The van der Waals surface area contributed by atoms with Gasteiger partial charge in [-0.15, -0.1) is 0 Å². The van der Waals surface area contributed by atoms with Crippen LogP contribution in [0.5, 0.6) is 0 Å². The van der Waals surface area contributed by atoms with E-state index >= 15 is 0 Å². The Morgan fingerprint density at radius 1 is 1.25 bits per heavy atom. The third kappa shape index (κ3) is 2.36. The van der Waals surface area contributed by atoms with Gasteiger partial charge >= 0.3 is 5.97 Å². The SMILES string of the molecule is CC1CCC(NC(=O)C(C)(C)C(=O)O)C1C. The summed E-state index contributed by atoms with van der Waals surface area (Å²) in [6.07, 6.45) is 2.05. The first-order valence-corrected chi connectivity index (χ1v) is 5.81. The van der Waals surface area contributed by atoms with Gasteiger partial charge in [0.25, 0.3) is 0 Å². The summed E-state index contributed by atoms with van der Waals surface area (Å²) in [7, 11) is 0. The highest BCUT2D eigenvalue weighted by Crippen LogP contribution is 2.31. The second-order valence-corrected chi connectivity index (χ2v) is 5.42. The molecule has 3 unspecified atom stereocenters. The van der Waals surface area contributed by atoms with Crippen molar-refractivity contribution < 1.29 is 14.7 Å². The average molecular weight is 227 g/mol. The standard InChI is InChI=1S/C12H21NO3/c1-7-5-6-9(8(7)2)13-10(14)12(3,4)11(15)16/h7-9H,5-6H2,1-4H3,(H,13,14)(H,15,16). The summed E-state index contributed by atoms with van der Waals surface area (Å²) in [5.41, 5.74) is -1.34. The van der Waals surface area contributed by atoms with Crippen molar-refractivity contribution in [2.24, 2.45) is 17.3 Å². The van der Waals surface area contributed by atoms with Gasteiger partial charge in [0.05, 0.1) is 0 Å². The quantitative estimate of drug-likeness (QED) is 0.720. The zero-order valence-corrected chi connectivity index (χ0v) is 10.4. The van der Waals surface area contributed by atoms with Crippen molar-refractivity contribution in [2.45, 2.75) is 46.6 Å². The van der Waals surface area contributed by atoms with Crippen LogP contribution in [0.2, 0.25) is 0 Å². The molecule has 4 heteroatoms. The van der Waals surface area contributed by atoms with E-state index < -0.39 is 11.4 Å². The fraction of sp³-hybridized carbons (Fsp3) is 0.833. The molecular weight excluding hydrogens is 206 g/mol. The van der Waals surface area contributed by atoms with Crippen LogP contribution in [0.25, 0.3) is 0 Å². The monoisotopic (exact) mass is 227 g/mol. The molecule has 1 saturated carbocycles. The van der Waals surface area contributed by atoms with E-state index in [1.807, 2.05) is 0 Å². The molecule has 0 aromatic rings. The molecule has 1 amide bonds. The minimum Gasteiger partial charge on any atom is -0.480 e. The zero-order valence-electron chi connectivity index (χ0n) is 10.4. The van der Waals surface area contributed by atoms with E-state index in [0.717, 1.165) is 12.8 Å². The molecule has 0 aromatic carbocycles. The molecule has 0 radical (unpaired) electrons. The van der Waals surface area contributed by atoms with Crippen molar-refractivity contribution in [3.05, 3.63) is 0 Å². The van der Waals surface area contributed by atoms with Crippen molar-refractivity contribution in [2.75, 3.05) is 0 Å². The van der Waals surface area contributed by atoms with E-state index in [9.17, 15) is 9.59 Å². The van der Waals surface area contributed by atoms with Gasteiger partial charge in [0.1, 0.15) is 5.41 Å². The largest absolute Gasteiger partial charge is 0.480 e. The molecule has 92 valence electrons. The fourth-order valence-corrected chi connectivity index (χ4v) is 2.01. The van der Waals surface area contributed by atoms with Crippen LogP contribution in [-0.2, 0) is 9.59 Å². The van der Waals surface area contributed by atoms with Crippen molar-refractivity contribution in [1.82, 2.24) is 5.32 Å². The summed E-state index contributed by atoms with van der Waals surface area (Å²) in [6.45, 7) is 7.15. The number of aliphatic carboxylic acids is 1. The summed E-state index contributed by atoms with van der Waals surface area (Å²) in [4.78, 5) is 22.7. The minimum absolute atomic E-state index is 0.126. The molecule has 0 saturated heterocycles. The van der Waals surface area contributed by atoms with Gasteiger partial charge in [-0.05, 0) is 38.5 Å². The van der Waals surface area contributed by atoms with Gasteiger partial charge in [-0.3, -0.25) is 9.59 Å². The maximum absolute atomic E-state index is 11.8. The van der Waals surface area contributed by atoms with Gasteiger partial charge in [0.2, 0.25) is 5.91 Å². The van der Waals surface area contributed by atoms with Crippen LogP contribution in [0, 0.1) is 17.3 Å². The molecule has 3 atom stereocenters. The first kappa shape index (κ1) is 13.0. The smallest absolute Gasteiger partial charge is 0.318 e. The third-order valence-corrected chi connectivity index (χ3v) is 3.88. The number of carboxylic acid groups (broad SMARTS) is 1. The van der Waals surface area contributed by atoms with E-state index in [1.165, 1.54) is 13.8 Å². The Hall–Kier alpha value is -1.06. The van der Waals surface area contributed by atoms with Gasteiger partial charge in [-0.1, -0.05) is 13.8 Å². The van der Waals surface area contributed by atoms with E-state index in [2.05, 4.69) is 19.2 Å². The molecule has 0 aromatic heterocycles. The Balaban J connectivity index is 2.62. The lowest BCUT2D eigenvalue weighted by atomic mass is 9.91. The molecule has 1 fully saturated rings. The molecule has 1 rings (SSSR count). The number of carbonyl (C=O) groups is 2. The van der Waals surface area contributed by atoms with Crippen molar-refractivity contribution in [3.8, 4) is 0 Å². The maximum atomic E-state index is 11.8. The zero-order chi connectivity index (χ0) is 12.5. The van der Waals surface area contributed by atoms with E-state index in [0.29, 0.717) is 11.8 Å². The molecule has 0 aliphatic heterocycles. The summed E-state index contributed by atoms with van der Waals surface area (Å²) in [5, 5.41) is 11.8. The molecule has 0 heterocycles. The van der Waals surface area contributed by atoms with E-state index in [1.54, 1.807) is 0 Å². The van der Waals surface area contributed by atoms with E-state index in [-0.39, 0.29) is 11.9 Å². The van der Waals surface area contributed by atoms with Crippen LogP contribution in [0.4, 0.5) is 0 Å². The molecule has 0 spiro atoms. The highest BCUT2D eigenvalue weighted by molar-refractivity contribution is 6.01. The summed E-state index contributed by atoms with van der Waals surface area (Å²) >= 11 is 0.